The molecule has 1 aromatic heterocycles. The van der Waals surface area contributed by atoms with Gasteiger partial charge >= 0.3 is 0 Å². The Labute approximate surface area is 203 Å². The fourth-order valence-electron chi connectivity index (χ4n) is 6.30. The Morgan fingerprint density at radius 1 is 1.03 bits per heavy atom. The molecule has 5 aliphatic rings. The Bertz CT molecular complexity index is 1890. The van der Waals surface area contributed by atoms with Crippen molar-refractivity contribution in [3.8, 4) is 5.69 Å². The molecule has 3 aromatic rings. The molecule has 35 heavy (non-hydrogen) atoms. The number of hydrogen-bond acceptors (Lipinski definition) is 3. The van der Waals surface area contributed by atoms with Crippen LogP contribution in [0.25, 0.3) is 22.3 Å². The number of fused-ring (bicyclic) bond motifs is 2. The molecule has 8 rings (SSSR count). The van der Waals surface area contributed by atoms with Gasteiger partial charge in [-0.3, -0.25) is 4.57 Å². The van der Waals surface area contributed by atoms with E-state index in [9.17, 15) is 8.42 Å². The molecule has 0 saturated heterocycles. The summed E-state index contributed by atoms with van der Waals surface area (Å²) in [4.78, 5) is 5.30. The summed E-state index contributed by atoms with van der Waals surface area (Å²) in [6.45, 7) is 1.93. The van der Waals surface area contributed by atoms with Gasteiger partial charge in [0.1, 0.15) is 5.82 Å². The Hall–Kier alpha value is -3.96. The van der Waals surface area contributed by atoms with E-state index in [1.54, 1.807) is 12.1 Å². The highest BCUT2D eigenvalue weighted by Gasteiger charge is 2.36. The largest absolute Gasteiger partial charge is 0.294 e. The fraction of sp³-hybridized carbons (Fsp3) is 0.100. The molecule has 5 heteroatoms. The van der Waals surface area contributed by atoms with E-state index in [0.717, 1.165) is 23.4 Å². The fourth-order valence-corrected chi connectivity index (χ4v) is 7.97. The van der Waals surface area contributed by atoms with Crippen LogP contribution < -0.4 is 0 Å². The van der Waals surface area contributed by atoms with Gasteiger partial charge in [-0.1, -0.05) is 60.7 Å². The highest BCUT2D eigenvalue weighted by molar-refractivity contribution is 7.92. The molecule has 1 unspecified atom stereocenters. The van der Waals surface area contributed by atoms with E-state index < -0.39 is 9.84 Å². The van der Waals surface area contributed by atoms with Gasteiger partial charge in [0.25, 0.3) is 0 Å². The number of aromatic nitrogens is 2. The molecule has 1 atom stereocenters. The number of sulfone groups is 1. The molecular formula is C30H20N2O2S. The number of allylic oxidation sites excluding steroid dienone is 14. The van der Waals surface area contributed by atoms with Crippen LogP contribution in [-0.4, -0.2) is 18.0 Å². The van der Waals surface area contributed by atoms with Crippen LogP contribution in [0.2, 0.25) is 0 Å². The van der Waals surface area contributed by atoms with E-state index in [-0.39, 0.29) is 5.92 Å². The number of hydrogen-bond donors (Lipinski definition) is 0. The molecule has 0 N–H and O–H groups in total. The van der Waals surface area contributed by atoms with Crippen LogP contribution in [0, 0.1) is 12.8 Å². The molecule has 0 amide bonds. The highest BCUT2D eigenvalue weighted by atomic mass is 32.2. The van der Waals surface area contributed by atoms with Crippen molar-refractivity contribution in [2.24, 2.45) is 5.92 Å². The predicted octanol–water partition coefficient (Wildman–Crippen LogP) is 6.11. The summed E-state index contributed by atoms with van der Waals surface area (Å²) in [5.41, 5.74) is 10.6. The minimum absolute atomic E-state index is 0.198. The molecule has 168 valence electrons. The first kappa shape index (κ1) is 19.4. The van der Waals surface area contributed by atoms with E-state index in [2.05, 4.69) is 59.7 Å². The molecule has 0 fully saturated rings. The summed E-state index contributed by atoms with van der Waals surface area (Å²) in [6.07, 6.45) is 18.5. The summed E-state index contributed by atoms with van der Waals surface area (Å²) in [6, 6.07) is 11.2. The van der Waals surface area contributed by atoms with Crippen LogP contribution in [-0.2, 0) is 9.84 Å². The number of imidazole rings is 1. The van der Waals surface area contributed by atoms with Crippen molar-refractivity contribution in [3.05, 3.63) is 124 Å². The first-order valence-electron chi connectivity index (χ1n) is 11.8. The lowest BCUT2D eigenvalue weighted by Gasteiger charge is -2.37. The summed E-state index contributed by atoms with van der Waals surface area (Å²) < 4.78 is 29.6. The van der Waals surface area contributed by atoms with Crippen molar-refractivity contribution in [2.45, 2.75) is 23.1 Å². The van der Waals surface area contributed by atoms with Gasteiger partial charge in [0.15, 0.2) is 0 Å². The predicted molar refractivity (Wildman–Crippen MR) is 137 cm³/mol. The zero-order chi connectivity index (χ0) is 23.5. The maximum atomic E-state index is 13.8. The van der Waals surface area contributed by atoms with Gasteiger partial charge in [-0.25, -0.2) is 13.4 Å². The zero-order valence-corrected chi connectivity index (χ0v) is 19.8. The number of para-hydroxylation sites is 1. The molecule has 1 aliphatic heterocycles. The topological polar surface area (TPSA) is 52.0 Å². The molecule has 2 heterocycles. The Morgan fingerprint density at radius 3 is 2.86 bits per heavy atom. The highest BCUT2D eigenvalue weighted by Crippen LogP contribution is 2.50. The average Bonchev–Trinajstić information content (AvgIpc) is 3.22. The standard InChI is InChI=1S/C30H20N2O2S/c1-17-31-24-9-4-10-26-30(24)32(17)25-14-13-20(16-27(25)35(26,33)34)23-15-21-7-2-5-18-11-12-19-6-3-8-22(23)29(19)28(18)21/h2-6,8-16,29H,7H2,1H3. The lowest BCUT2D eigenvalue weighted by Crippen LogP contribution is -2.22. The van der Waals surface area contributed by atoms with Crippen LogP contribution in [0.3, 0.4) is 0 Å². The van der Waals surface area contributed by atoms with E-state index in [1.165, 1.54) is 27.9 Å². The molecule has 0 saturated carbocycles. The van der Waals surface area contributed by atoms with Crippen LogP contribution in [0.15, 0.2) is 123 Å². The molecule has 2 aromatic carbocycles. The van der Waals surface area contributed by atoms with Crippen LogP contribution >= 0.6 is 0 Å². The summed E-state index contributed by atoms with van der Waals surface area (Å²) >= 11 is 0. The van der Waals surface area contributed by atoms with Gasteiger partial charge in [0.2, 0.25) is 9.84 Å². The average molecular weight is 473 g/mol. The number of nitrogens with zero attached hydrogens (tertiary/aromatic N) is 2. The van der Waals surface area contributed by atoms with Crippen molar-refractivity contribution in [3.63, 3.8) is 0 Å². The van der Waals surface area contributed by atoms with Gasteiger partial charge in [-0.05, 0) is 76.6 Å². The first-order chi connectivity index (χ1) is 17.0. The normalized spacial score (nSPS) is 22.3. The van der Waals surface area contributed by atoms with E-state index in [1.807, 2.05) is 29.7 Å². The number of rotatable bonds is 1. The van der Waals surface area contributed by atoms with Crippen LogP contribution in [0.5, 0.6) is 0 Å². The van der Waals surface area contributed by atoms with Crippen molar-refractivity contribution in [1.82, 2.24) is 9.55 Å². The Kier molecular flexibility index (Phi) is 3.53. The minimum Gasteiger partial charge on any atom is -0.294 e. The van der Waals surface area contributed by atoms with Gasteiger partial charge in [0, 0.05) is 5.92 Å². The monoisotopic (exact) mass is 472 g/mol. The van der Waals surface area contributed by atoms with E-state index >= 15 is 0 Å². The van der Waals surface area contributed by atoms with Crippen molar-refractivity contribution < 1.29 is 8.42 Å². The Morgan fingerprint density at radius 2 is 1.94 bits per heavy atom. The molecule has 0 spiro atoms. The minimum atomic E-state index is -3.68. The molecule has 4 aliphatic carbocycles. The lowest BCUT2D eigenvalue weighted by atomic mass is 9.66. The Balaban J connectivity index is 1.39. The summed E-state index contributed by atoms with van der Waals surface area (Å²) in [5.74, 6) is 0.984. The third-order valence-corrected chi connectivity index (χ3v) is 9.59. The maximum absolute atomic E-state index is 13.8. The molecule has 4 nitrogen and oxygen atoms in total. The van der Waals surface area contributed by atoms with Gasteiger partial charge < -0.3 is 0 Å². The quantitative estimate of drug-likeness (QED) is 0.336. The third kappa shape index (κ3) is 2.36. The van der Waals surface area contributed by atoms with Gasteiger partial charge in [0.05, 0.1) is 26.5 Å². The summed E-state index contributed by atoms with van der Waals surface area (Å²) in [7, 11) is -3.68. The van der Waals surface area contributed by atoms with Gasteiger partial charge in [-0.2, -0.15) is 0 Å². The number of aryl methyl sites for hydroxylation is 1. The number of benzene rings is 2. The van der Waals surface area contributed by atoms with Crippen molar-refractivity contribution in [2.75, 3.05) is 0 Å². The first-order valence-corrected chi connectivity index (χ1v) is 13.3. The second kappa shape index (κ2) is 6.37. The van der Waals surface area contributed by atoms with E-state index in [4.69, 9.17) is 0 Å². The van der Waals surface area contributed by atoms with Gasteiger partial charge in [-0.15, -0.1) is 0 Å². The zero-order valence-electron chi connectivity index (χ0n) is 19.0. The second-order valence-electron chi connectivity index (χ2n) is 9.61. The summed E-state index contributed by atoms with van der Waals surface area (Å²) in [5, 5.41) is 0. The van der Waals surface area contributed by atoms with Crippen LogP contribution in [0.4, 0.5) is 0 Å². The molecule has 0 bridgehead atoms. The van der Waals surface area contributed by atoms with E-state index in [0.29, 0.717) is 26.5 Å². The lowest BCUT2D eigenvalue weighted by molar-refractivity contribution is 0.594. The van der Waals surface area contributed by atoms with Crippen LogP contribution in [0.1, 0.15) is 17.8 Å². The maximum Gasteiger partial charge on any atom is 0.210 e. The third-order valence-electron chi connectivity index (χ3n) is 7.77. The molecule has 0 radical (unpaired) electrons. The van der Waals surface area contributed by atoms with Crippen molar-refractivity contribution in [1.29, 1.82) is 0 Å². The van der Waals surface area contributed by atoms with Crippen molar-refractivity contribution >= 4 is 26.4 Å². The second-order valence-corrected chi connectivity index (χ2v) is 11.5. The smallest absolute Gasteiger partial charge is 0.210 e. The SMILES string of the molecule is Cc1nc2cccc3c2n1-c1ccc(C2=C4C=CC=C5C=CC6=C(C(=C2)CC=C6)C54)cc1S3(=O)=O. The molecular weight excluding hydrogens is 452 g/mol.